The first kappa shape index (κ1) is 25.6. The van der Waals surface area contributed by atoms with Gasteiger partial charge in [-0.25, -0.2) is 9.37 Å². The highest BCUT2D eigenvalue weighted by molar-refractivity contribution is 6.04. The lowest BCUT2D eigenvalue weighted by atomic mass is 10.1. The van der Waals surface area contributed by atoms with E-state index in [-0.39, 0.29) is 17.5 Å². The second kappa shape index (κ2) is 10.0. The van der Waals surface area contributed by atoms with E-state index in [1.54, 1.807) is 35.7 Å². The SMILES string of the molecule is C=CC(=O)N1CCCC[C@@H](n2c(NC(=O)c3cccc(F)c3)nc3cc4cnn(CC(C)(C)O)c4cc32)C1. The molecule has 38 heavy (non-hydrogen) atoms. The number of fused-ring (bicyclic) bond motifs is 2. The average Bonchev–Trinajstić information content (AvgIpc) is 3.30. The lowest BCUT2D eigenvalue weighted by Crippen LogP contribution is -2.34. The van der Waals surface area contributed by atoms with Gasteiger partial charge in [0.1, 0.15) is 5.82 Å². The fourth-order valence-corrected chi connectivity index (χ4v) is 5.08. The van der Waals surface area contributed by atoms with Crippen LogP contribution < -0.4 is 5.32 Å². The quantitative estimate of drug-likeness (QED) is 0.371. The number of rotatable bonds is 6. The normalized spacial score (nSPS) is 16.5. The fraction of sp³-hybridized carbons (Fsp3) is 0.357. The monoisotopic (exact) mass is 518 g/mol. The van der Waals surface area contributed by atoms with Crippen LogP contribution in [0.4, 0.5) is 10.3 Å². The van der Waals surface area contributed by atoms with Crippen molar-refractivity contribution in [1.29, 1.82) is 0 Å². The molecule has 0 aliphatic carbocycles. The third-order valence-corrected chi connectivity index (χ3v) is 6.80. The van der Waals surface area contributed by atoms with Crippen LogP contribution in [0.3, 0.4) is 0 Å². The molecule has 3 heterocycles. The van der Waals surface area contributed by atoms with Crippen molar-refractivity contribution in [2.45, 2.75) is 51.3 Å². The van der Waals surface area contributed by atoms with E-state index in [0.717, 1.165) is 35.7 Å². The van der Waals surface area contributed by atoms with Crippen molar-refractivity contribution in [2.75, 3.05) is 18.4 Å². The van der Waals surface area contributed by atoms with Crippen LogP contribution in [0.5, 0.6) is 0 Å². The fourth-order valence-electron chi connectivity index (χ4n) is 5.08. The highest BCUT2D eigenvalue weighted by atomic mass is 19.1. The highest BCUT2D eigenvalue weighted by Gasteiger charge is 2.27. The van der Waals surface area contributed by atoms with Gasteiger partial charge < -0.3 is 14.6 Å². The molecule has 2 N–H and O–H groups in total. The van der Waals surface area contributed by atoms with Crippen LogP contribution in [-0.2, 0) is 11.3 Å². The van der Waals surface area contributed by atoms with Crippen LogP contribution in [0.1, 0.15) is 49.5 Å². The average molecular weight is 519 g/mol. The van der Waals surface area contributed by atoms with Gasteiger partial charge in [0.15, 0.2) is 0 Å². The number of aromatic nitrogens is 4. The minimum Gasteiger partial charge on any atom is -0.389 e. The summed E-state index contributed by atoms with van der Waals surface area (Å²) in [5, 5.41) is 18.6. The molecule has 1 aliphatic heterocycles. The number of amides is 2. The van der Waals surface area contributed by atoms with Crippen molar-refractivity contribution in [3.05, 3.63) is 66.6 Å². The van der Waals surface area contributed by atoms with Gasteiger partial charge in [-0.05, 0) is 69.5 Å². The Bertz CT molecular complexity index is 1530. The zero-order valence-corrected chi connectivity index (χ0v) is 21.5. The first-order valence-corrected chi connectivity index (χ1v) is 12.7. The van der Waals surface area contributed by atoms with Crippen molar-refractivity contribution in [2.24, 2.45) is 0 Å². The van der Waals surface area contributed by atoms with Gasteiger partial charge in [0, 0.05) is 24.0 Å². The van der Waals surface area contributed by atoms with Gasteiger partial charge in [-0.15, -0.1) is 0 Å². The summed E-state index contributed by atoms with van der Waals surface area (Å²) >= 11 is 0. The highest BCUT2D eigenvalue weighted by Crippen LogP contribution is 2.33. The van der Waals surface area contributed by atoms with Gasteiger partial charge in [-0.3, -0.25) is 19.6 Å². The summed E-state index contributed by atoms with van der Waals surface area (Å²) in [6.45, 7) is 8.44. The number of likely N-dealkylation sites (tertiary alicyclic amines) is 1. The minimum absolute atomic E-state index is 0.141. The summed E-state index contributed by atoms with van der Waals surface area (Å²) in [5.41, 5.74) is 1.45. The van der Waals surface area contributed by atoms with Crippen LogP contribution in [0.2, 0.25) is 0 Å². The standard InChI is InChI=1S/C28H31FN6O3/c1-4-25(36)33-11-6-5-10-21(16-33)35-24-14-23-19(15-30-34(23)17-28(2,3)38)13-22(24)31-27(35)32-26(37)18-8-7-9-20(29)12-18/h4,7-9,12-15,21,38H,1,5-6,10-11,16-17H2,2-3H3,(H,31,32,37)/t21-/m1/s1. The molecule has 2 aromatic carbocycles. The summed E-state index contributed by atoms with van der Waals surface area (Å²) in [5.74, 6) is -0.804. The second-order valence-corrected chi connectivity index (χ2v) is 10.4. The zero-order valence-electron chi connectivity index (χ0n) is 21.5. The predicted molar refractivity (Wildman–Crippen MR) is 143 cm³/mol. The summed E-state index contributed by atoms with van der Waals surface area (Å²) in [7, 11) is 0. The third kappa shape index (κ3) is 5.17. The van der Waals surface area contributed by atoms with Crippen molar-refractivity contribution < 1.29 is 19.1 Å². The van der Waals surface area contributed by atoms with Crippen LogP contribution >= 0.6 is 0 Å². The Morgan fingerprint density at radius 3 is 2.79 bits per heavy atom. The predicted octanol–water partition coefficient (Wildman–Crippen LogP) is 4.29. The van der Waals surface area contributed by atoms with E-state index in [4.69, 9.17) is 4.98 Å². The second-order valence-electron chi connectivity index (χ2n) is 10.4. The number of nitrogens with one attached hydrogen (secondary N) is 1. The molecule has 2 amide bonds. The molecule has 0 saturated carbocycles. The summed E-state index contributed by atoms with van der Waals surface area (Å²) in [4.78, 5) is 32.2. The minimum atomic E-state index is -0.967. The molecule has 0 spiro atoms. The van der Waals surface area contributed by atoms with Crippen LogP contribution in [0.15, 0.2) is 55.3 Å². The maximum atomic E-state index is 13.8. The molecule has 0 unspecified atom stereocenters. The van der Waals surface area contributed by atoms with Crippen molar-refractivity contribution in [1.82, 2.24) is 24.2 Å². The Balaban J connectivity index is 1.64. The Labute approximate surface area is 219 Å². The molecule has 0 radical (unpaired) electrons. The van der Waals surface area contributed by atoms with Crippen molar-refractivity contribution in [3.63, 3.8) is 0 Å². The Hall–Kier alpha value is -4.05. The number of nitrogens with zero attached hydrogens (tertiary/aromatic N) is 5. The number of carbonyl (C=O) groups is 2. The van der Waals surface area contributed by atoms with Crippen LogP contribution in [0, 0.1) is 5.82 Å². The topological polar surface area (TPSA) is 105 Å². The Kier molecular flexibility index (Phi) is 6.75. The molecule has 0 bridgehead atoms. The molecule has 1 atom stereocenters. The summed E-state index contributed by atoms with van der Waals surface area (Å²) < 4.78 is 17.5. The first-order valence-electron chi connectivity index (χ1n) is 12.7. The van der Waals surface area contributed by atoms with E-state index in [0.29, 0.717) is 31.1 Å². The number of aliphatic hydroxyl groups is 1. The van der Waals surface area contributed by atoms with E-state index in [2.05, 4.69) is 17.0 Å². The van der Waals surface area contributed by atoms with E-state index in [9.17, 15) is 19.1 Å². The van der Waals surface area contributed by atoms with E-state index in [1.807, 2.05) is 16.7 Å². The number of anilines is 1. The molecule has 1 saturated heterocycles. The van der Waals surface area contributed by atoms with E-state index < -0.39 is 17.3 Å². The van der Waals surface area contributed by atoms with E-state index in [1.165, 1.54) is 24.3 Å². The largest absolute Gasteiger partial charge is 0.389 e. The molecular weight excluding hydrogens is 487 g/mol. The molecule has 2 aromatic heterocycles. The van der Waals surface area contributed by atoms with Crippen LogP contribution in [0.25, 0.3) is 21.9 Å². The molecule has 1 fully saturated rings. The van der Waals surface area contributed by atoms with Crippen molar-refractivity contribution in [3.8, 4) is 0 Å². The maximum absolute atomic E-state index is 13.8. The smallest absolute Gasteiger partial charge is 0.258 e. The maximum Gasteiger partial charge on any atom is 0.258 e. The number of hydrogen-bond acceptors (Lipinski definition) is 5. The number of imidazole rings is 1. The Morgan fingerprint density at radius 2 is 2.05 bits per heavy atom. The van der Waals surface area contributed by atoms with Gasteiger partial charge in [-0.2, -0.15) is 5.10 Å². The van der Waals surface area contributed by atoms with Crippen molar-refractivity contribution >= 4 is 39.7 Å². The molecule has 4 aromatic rings. The first-order chi connectivity index (χ1) is 18.1. The zero-order chi connectivity index (χ0) is 27.0. The van der Waals surface area contributed by atoms with Crippen LogP contribution in [-0.4, -0.2) is 59.8 Å². The number of halogens is 1. The molecule has 9 nitrogen and oxygen atoms in total. The number of benzene rings is 2. The summed E-state index contributed by atoms with van der Waals surface area (Å²) in [6, 6.07) is 9.18. The third-order valence-electron chi connectivity index (χ3n) is 6.80. The van der Waals surface area contributed by atoms with Gasteiger partial charge in [0.05, 0.1) is 40.9 Å². The molecule has 10 heteroatoms. The summed E-state index contributed by atoms with van der Waals surface area (Å²) in [6.07, 6.45) is 5.56. The molecular formula is C28H31FN6O3. The van der Waals surface area contributed by atoms with Gasteiger partial charge in [0.25, 0.3) is 5.91 Å². The van der Waals surface area contributed by atoms with E-state index >= 15 is 0 Å². The molecule has 5 rings (SSSR count). The van der Waals surface area contributed by atoms with Gasteiger partial charge >= 0.3 is 0 Å². The molecule has 198 valence electrons. The number of hydrogen-bond donors (Lipinski definition) is 2. The Morgan fingerprint density at radius 1 is 1.24 bits per heavy atom. The van der Waals surface area contributed by atoms with Gasteiger partial charge in [0.2, 0.25) is 11.9 Å². The lowest BCUT2D eigenvalue weighted by molar-refractivity contribution is -0.126. The van der Waals surface area contributed by atoms with Gasteiger partial charge in [-0.1, -0.05) is 12.6 Å². The molecule has 1 aliphatic rings. The number of carbonyl (C=O) groups excluding carboxylic acids is 2. The lowest BCUT2D eigenvalue weighted by Gasteiger charge is -2.26.